The van der Waals surface area contributed by atoms with Gasteiger partial charge in [-0.2, -0.15) is 0 Å². The molecule has 0 aromatic heterocycles. The Hall–Kier alpha value is -0.0400. The number of hydrogen-bond acceptors (Lipinski definition) is 1. The third-order valence-corrected chi connectivity index (χ3v) is 6.97. The van der Waals surface area contributed by atoms with E-state index in [1.165, 1.54) is 17.8 Å². The molecule has 0 amide bonds. The van der Waals surface area contributed by atoms with Crippen LogP contribution in [0.5, 0.6) is 0 Å². The van der Waals surface area contributed by atoms with Crippen LogP contribution >= 0.6 is 0 Å². The summed E-state index contributed by atoms with van der Waals surface area (Å²) in [7, 11) is 0. The average Bonchev–Trinajstić information content (AvgIpc) is 2.54. The summed E-state index contributed by atoms with van der Waals surface area (Å²) >= 11 is 0. The maximum absolute atomic E-state index is 5.92. The average molecular weight is 174 g/mol. The molecule has 1 aliphatic heterocycles. The van der Waals surface area contributed by atoms with Crippen LogP contribution < -0.4 is 0 Å². The first-order chi connectivity index (χ1) is 6.42. The molecule has 6 fully saturated rings. The van der Waals surface area contributed by atoms with E-state index in [9.17, 15) is 0 Å². The zero-order chi connectivity index (χ0) is 7.95. The number of hydrogen-bond donors (Lipinski definition) is 0. The van der Waals surface area contributed by atoms with E-state index in [0.717, 1.165) is 36.2 Å². The Morgan fingerprint density at radius 3 is 2.46 bits per heavy atom. The van der Waals surface area contributed by atoms with Crippen LogP contribution in [0.15, 0.2) is 0 Å². The first-order valence-corrected chi connectivity index (χ1v) is 6.06. The Morgan fingerprint density at radius 2 is 1.62 bits per heavy atom. The van der Waals surface area contributed by atoms with Gasteiger partial charge < -0.3 is 4.74 Å². The Kier molecular flexibility index (Phi) is 0.551. The largest absolute Gasteiger partial charge is 0.369 e. The molecule has 0 aromatic rings. The fourth-order valence-electron chi connectivity index (χ4n) is 7.16. The second-order valence-corrected chi connectivity index (χ2v) is 6.58. The minimum Gasteiger partial charge on any atom is -0.369 e. The normalized spacial score (nSPS) is 88.6. The van der Waals surface area contributed by atoms with Gasteiger partial charge in [0.2, 0.25) is 0 Å². The Labute approximate surface area is 77.8 Å². The van der Waals surface area contributed by atoms with Gasteiger partial charge in [0.1, 0.15) is 0 Å². The van der Waals surface area contributed by atoms with E-state index in [1.54, 1.807) is 12.8 Å². The van der Waals surface area contributed by atoms with Gasteiger partial charge in [0.15, 0.2) is 0 Å². The number of epoxide rings is 1. The standard InChI is InChI=1S/C12H14O/c1-4-5-2-6-8(4)9-7(1)10(5)12(3-13-12)11(6)9/h4-11H,1-3H2/t4-,5+,6+,7-,8+,9+,10-,11+,12+/m0/s1. The van der Waals surface area contributed by atoms with Crippen molar-refractivity contribution in [3.05, 3.63) is 0 Å². The Morgan fingerprint density at radius 1 is 0.846 bits per heavy atom. The van der Waals surface area contributed by atoms with Gasteiger partial charge in [0, 0.05) is 0 Å². The summed E-state index contributed by atoms with van der Waals surface area (Å²) in [6, 6.07) is 0. The van der Waals surface area contributed by atoms with Crippen LogP contribution in [0.25, 0.3) is 0 Å². The molecule has 1 spiro atoms. The van der Waals surface area contributed by atoms with Crippen molar-refractivity contribution < 1.29 is 4.74 Å². The molecule has 1 heterocycles. The van der Waals surface area contributed by atoms with E-state index in [-0.39, 0.29) is 0 Å². The van der Waals surface area contributed by atoms with Crippen LogP contribution in [0.2, 0.25) is 0 Å². The van der Waals surface area contributed by atoms with Gasteiger partial charge in [-0.1, -0.05) is 0 Å². The quantitative estimate of drug-likeness (QED) is 0.507. The minimum atomic E-state index is 0.505. The highest BCUT2D eigenvalue weighted by molar-refractivity contribution is 5.35. The zero-order valence-corrected chi connectivity index (χ0v) is 7.65. The van der Waals surface area contributed by atoms with Crippen molar-refractivity contribution >= 4 is 0 Å². The second kappa shape index (κ2) is 1.25. The molecule has 13 heavy (non-hydrogen) atoms. The first kappa shape index (κ1) is 5.75. The van der Waals surface area contributed by atoms with Gasteiger partial charge in [-0.3, -0.25) is 0 Å². The van der Waals surface area contributed by atoms with Crippen molar-refractivity contribution in [2.75, 3.05) is 6.61 Å². The summed E-state index contributed by atoms with van der Waals surface area (Å²) in [6.45, 7) is 1.15. The topological polar surface area (TPSA) is 12.5 Å². The lowest BCUT2D eigenvalue weighted by Gasteiger charge is -2.46. The van der Waals surface area contributed by atoms with Crippen LogP contribution in [0, 0.1) is 47.3 Å². The van der Waals surface area contributed by atoms with Crippen molar-refractivity contribution in [3.63, 3.8) is 0 Å². The van der Waals surface area contributed by atoms with Gasteiger partial charge in [0.05, 0.1) is 12.2 Å². The van der Waals surface area contributed by atoms with Crippen molar-refractivity contribution in [1.82, 2.24) is 0 Å². The van der Waals surface area contributed by atoms with Gasteiger partial charge in [-0.25, -0.2) is 0 Å². The van der Waals surface area contributed by atoms with E-state index in [1.807, 2.05) is 0 Å². The lowest BCUT2D eigenvalue weighted by Crippen LogP contribution is -2.47. The van der Waals surface area contributed by atoms with Gasteiger partial charge in [-0.05, 0) is 60.2 Å². The minimum absolute atomic E-state index is 0.505. The maximum atomic E-state index is 5.92. The van der Waals surface area contributed by atoms with Crippen LogP contribution in [-0.4, -0.2) is 12.2 Å². The fraction of sp³-hybridized carbons (Fsp3) is 1.00. The highest BCUT2D eigenvalue weighted by Crippen LogP contribution is 2.87. The fourth-order valence-corrected chi connectivity index (χ4v) is 7.16. The van der Waals surface area contributed by atoms with Crippen LogP contribution in [0.1, 0.15) is 12.8 Å². The van der Waals surface area contributed by atoms with E-state index < -0.39 is 0 Å². The molecule has 5 aliphatic carbocycles. The molecular weight excluding hydrogens is 160 g/mol. The first-order valence-electron chi connectivity index (χ1n) is 6.06. The maximum Gasteiger partial charge on any atom is 0.0983 e. The van der Waals surface area contributed by atoms with E-state index in [4.69, 9.17) is 4.74 Å². The van der Waals surface area contributed by atoms with Crippen LogP contribution in [-0.2, 0) is 4.74 Å². The Balaban J connectivity index is 1.76. The molecule has 5 saturated carbocycles. The monoisotopic (exact) mass is 174 g/mol. The second-order valence-electron chi connectivity index (χ2n) is 6.58. The summed E-state index contributed by atoms with van der Waals surface area (Å²) in [5.41, 5.74) is 0.505. The molecule has 1 nitrogen and oxygen atoms in total. The van der Waals surface area contributed by atoms with Crippen molar-refractivity contribution in [2.24, 2.45) is 47.3 Å². The zero-order valence-electron chi connectivity index (χ0n) is 7.65. The molecule has 9 atom stereocenters. The van der Waals surface area contributed by atoms with Gasteiger partial charge in [0.25, 0.3) is 0 Å². The predicted octanol–water partition coefficient (Wildman–Crippen LogP) is 1.53. The molecule has 2 bridgehead atoms. The predicted molar refractivity (Wildman–Crippen MR) is 45.8 cm³/mol. The lowest BCUT2D eigenvalue weighted by atomic mass is 9.57. The SMILES string of the molecule is C1[C@@H]2[C@@H]3C[C@H]4[C@@H]5[C@H]3[C@@H]1[C@H]5[C@@]1(CO1)[C@@H]24. The summed E-state index contributed by atoms with van der Waals surface area (Å²) in [5.74, 6) is 9.11. The third kappa shape index (κ3) is 0.319. The van der Waals surface area contributed by atoms with Crippen molar-refractivity contribution in [3.8, 4) is 0 Å². The number of rotatable bonds is 0. The molecule has 0 radical (unpaired) electrons. The van der Waals surface area contributed by atoms with E-state index in [2.05, 4.69) is 0 Å². The molecular formula is C12H14O. The molecule has 0 N–H and O–H groups in total. The molecule has 6 aliphatic rings. The molecule has 68 valence electrons. The summed E-state index contributed by atoms with van der Waals surface area (Å²) in [6.07, 6.45) is 3.23. The molecule has 6 rings (SSSR count). The smallest absolute Gasteiger partial charge is 0.0983 e. The summed E-state index contributed by atoms with van der Waals surface area (Å²) in [4.78, 5) is 0. The molecule has 1 heteroatoms. The molecule has 0 aromatic carbocycles. The number of ether oxygens (including phenoxy) is 1. The third-order valence-electron chi connectivity index (χ3n) is 6.97. The van der Waals surface area contributed by atoms with Crippen LogP contribution in [0.4, 0.5) is 0 Å². The van der Waals surface area contributed by atoms with Gasteiger partial charge >= 0.3 is 0 Å². The van der Waals surface area contributed by atoms with Crippen molar-refractivity contribution in [2.45, 2.75) is 18.4 Å². The summed E-state index contributed by atoms with van der Waals surface area (Å²) in [5, 5.41) is 0. The van der Waals surface area contributed by atoms with E-state index in [0.29, 0.717) is 5.60 Å². The van der Waals surface area contributed by atoms with Crippen molar-refractivity contribution in [1.29, 1.82) is 0 Å². The van der Waals surface area contributed by atoms with Gasteiger partial charge in [-0.15, -0.1) is 0 Å². The highest BCUT2D eigenvalue weighted by atomic mass is 16.6. The van der Waals surface area contributed by atoms with Crippen LogP contribution in [0.3, 0.4) is 0 Å². The lowest BCUT2D eigenvalue weighted by molar-refractivity contribution is -0.0168. The molecule has 1 saturated heterocycles. The summed E-state index contributed by atoms with van der Waals surface area (Å²) < 4.78 is 5.92. The highest BCUT2D eigenvalue weighted by Gasteiger charge is 2.88. The molecule has 0 unspecified atom stereocenters. The van der Waals surface area contributed by atoms with E-state index >= 15 is 0 Å². The Bertz CT molecular complexity index is 339. The number of fused-ring (bicyclic) bond motifs is 4.